The Morgan fingerprint density at radius 3 is 1.80 bits per heavy atom. The highest BCUT2D eigenvalue weighted by atomic mass is 15.4. The van der Waals surface area contributed by atoms with Crippen LogP contribution in [-0.4, -0.2) is 47.4 Å². The second-order valence-electron chi connectivity index (χ2n) is 10.8. The largest absolute Gasteiger partial charge is 0.308 e. The van der Waals surface area contributed by atoms with Gasteiger partial charge in [0.1, 0.15) is 17.7 Å². The number of aliphatic imine (C=N–C) groups is 2. The number of hydrogen-bond donors (Lipinski definition) is 2. The highest BCUT2D eigenvalue weighted by Crippen LogP contribution is 2.36. The molecule has 49 heavy (non-hydrogen) atoms. The maximum atomic E-state index is 4.93. The van der Waals surface area contributed by atoms with Crippen LogP contribution in [0.4, 0.5) is 34.4 Å². The van der Waals surface area contributed by atoms with Crippen LogP contribution in [0.2, 0.25) is 0 Å². The zero-order valence-corrected chi connectivity index (χ0v) is 26.4. The summed E-state index contributed by atoms with van der Waals surface area (Å²) in [5.41, 5.74) is 15.5. The third kappa shape index (κ3) is 6.55. The van der Waals surface area contributed by atoms with Crippen LogP contribution in [0.3, 0.4) is 0 Å². The highest BCUT2D eigenvalue weighted by Gasteiger charge is 2.25. The molecule has 0 radical (unpaired) electrons. The molecule has 0 aliphatic heterocycles. The van der Waals surface area contributed by atoms with E-state index in [0.717, 1.165) is 33.8 Å². The average molecular weight is 646 g/mol. The van der Waals surface area contributed by atoms with E-state index < -0.39 is 0 Å². The third-order valence-electron chi connectivity index (χ3n) is 7.65. The predicted molar refractivity (Wildman–Crippen MR) is 188 cm³/mol. The molecule has 0 spiro atoms. The average Bonchev–Trinajstić information content (AvgIpc) is 3.67. The predicted octanol–water partition coefficient (Wildman–Crippen LogP) is 6.02. The summed E-state index contributed by atoms with van der Waals surface area (Å²) in [4.78, 5) is 22.3. The Kier molecular flexibility index (Phi) is 8.73. The number of azo groups is 1. The number of rotatable bonds is 10. The third-order valence-corrected chi connectivity index (χ3v) is 7.65. The molecule has 0 saturated heterocycles. The zero-order chi connectivity index (χ0) is 33.6. The molecule has 0 fully saturated rings. The Balaban J connectivity index is 1.28. The molecule has 0 unspecified atom stereocenters. The van der Waals surface area contributed by atoms with Gasteiger partial charge >= 0.3 is 0 Å². The van der Waals surface area contributed by atoms with Crippen molar-refractivity contribution < 1.29 is 11.5 Å². The second kappa shape index (κ2) is 13.9. The van der Waals surface area contributed by atoms with Gasteiger partial charge in [0.25, 0.3) is 17.7 Å². The maximum Gasteiger partial charge on any atom is 0.260 e. The van der Waals surface area contributed by atoms with Crippen molar-refractivity contribution in [3.8, 4) is 34.4 Å². The summed E-state index contributed by atoms with van der Waals surface area (Å²) in [6.07, 6.45) is 3.73. The van der Waals surface area contributed by atoms with Gasteiger partial charge in [0.05, 0.1) is 22.6 Å². The Labute approximate surface area is 281 Å². The Hall–Kier alpha value is -6.83. The van der Waals surface area contributed by atoms with Gasteiger partial charge in [-0.15, -0.1) is 14.5 Å². The molecular weight excluding hydrogens is 614 g/mol. The van der Waals surface area contributed by atoms with Crippen LogP contribution in [-0.2, 0) is 6.42 Å². The van der Waals surface area contributed by atoms with Crippen molar-refractivity contribution >= 4 is 47.3 Å². The smallest absolute Gasteiger partial charge is 0.260 e. The quantitative estimate of drug-likeness (QED) is 0.136. The first-order valence-electron chi connectivity index (χ1n) is 15.3. The standard InChI is InChI=1S/C36H29N13/c1-39-26-17-19-27(20-18-26)40-22-21-29-30(24-11-5-2-6-12-24)46-48(33(29)37)35-41-23-42-36(43-35)49-34(38)32(45-44-28-15-9-4-10-16-28)31(47-49)25-13-7-3-8-14-25/h2-20,22-23H,1,21,37-38H2/p+2. The molecule has 7 rings (SSSR count). The lowest BCUT2D eigenvalue weighted by molar-refractivity contribution is -0.264. The molecule has 238 valence electrons. The van der Waals surface area contributed by atoms with Crippen molar-refractivity contribution in [2.45, 2.75) is 6.42 Å². The van der Waals surface area contributed by atoms with Gasteiger partial charge in [-0.3, -0.25) is 9.98 Å². The van der Waals surface area contributed by atoms with E-state index in [1.54, 1.807) is 4.68 Å². The first kappa shape index (κ1) is 30.8. The molecule has 7 aromatic rings. The van der Waals surface area contributed by atoms with Gasteiger partial charge in [0.2, 0.25) is 5.82 Å². The van der Waals surface area contributed by atoms with Gasteiger partial charge in [0, 0.05) is 23.8 Å². The molecular formula is C36H31N13+2. The fourth-order valence-corrected chi connectivity index (χ4v) is 5.17. The molecule has 6 N–H and O–H groups in total. The van der Waals surface area contributed by atoms with Crippen LogP contribution in [0.15, 0.2) is 142 Å². The number of aromatic nitrogens is 7. The maximum absolute atomic E-state index is 4.93. The van der Waals surface area contributed by atoms with E-state index in [1.165, 1.54) is 11.0 Å². The molecule has 13 heteroatoms. The first-order valence-corrected chi connectivity index (χ1v) is 15.3. The van der Waals surface area contributed by atoms with Crippen molar-refractivity contribution in [2.24, 2.45) is 20.2 Å². The number of benzene rings is 4. The Morgan fingerprint density at radius 2 is 1.16 bits per heavy atom. The minimum atomic E-state index is 0.241. The summed E-state index contributed by atoms with van der Waals surface area (Å²) in [7, 11) is 0. The Morgan fingerprint density at radius 1 is 0.612 bits per heavy atom. The second-order valence-corrected chi connectivity index (χ2v) is 10.8. The van der Waals surface area contributed by atoms with E-state index in [-0.39, 0.29) is 11.9 Å². The topological polar surface area (TPSA) is 179 Å². The van der Waals surface area contributed by atoms with E-state index in [9.17, 15) is 0 Å². The molecule has 0 bridgehead atoms. The van der Waals surface area contributed by atoms with Crippen LogP contribution in [0.1, 0.15) is 5.56 Å². The van der Waals surface area contributed by atoms with Gasteiger partial charge in [-0.25, -0.2) is 0 Å². The van der Waals surface area contributed by atoms with Crippen LogP contribution >= 0.6 is 0 Å². The van der Waals surface area contributed by atoms with E-state index >= 15 is 0 Å². The molecule has 13 nitrogen and oxygen atoms in total. The van der Waals surface area contributed by atoms with Crippen LogP contribution < -0.4 is 11.5 Å². The highest BCUT2D eigenvalue weighted by molar-refractivity contribution is 5.78. The number of hydrogen-bond acceptors (Lipinski definition) is 9. The minimum Gasteiger partial charge on any atom is -0.308 e. The van der Waals surface area contributed by atoms with E-state index in [1.807, 2.05) is 121 Å². The minimum absolute atomic E-state index is 0.241. The monoisotopic (exact) mass is 645 g/mol. The molecule has 0 atom stereocenters. The van der Waals surface area contributed by atoms with E-state index in [2.05, 4.69) is 48.4 Å². The van der Waals surface area contributed by atoms with Crippen molar-refractivity contribution in [3.05, 3.63) is 127 Å². The van der Waals surface area contributed by atoms with Crippen LogP contribution in [0.5, 0.6) is 0 Å². The first-order chi connectivity index (χ1) is 24.1. The van der Waals surface area contributed by atoms with Gasteiger partial charge in [-0.1, -0.05) is 78.9 Å². The molecule has 0 saturated carbocycles. The van der Waals surface area contributed by atoms with Crippen molar-refractivity contribution in [2.75, 3.05) is 0 Å². The van der Waals surface area contributed by atoms with Gasteiger partial charge in [-0.2, -0.15) is 30.3 Å². The molecule has 4 aromatic carbocycles. The lowest BCUT2D eigenvalue weighted by atomic mass is 10.1. The summed E-state index contributed by atoms with van der Waals surface area (Å²) < 4.78 is 3.15. The van der Waals surface area contributed by atoms with Gasteiger partial charge < -0.3 is 11.5 Å². The molecule has 0 amide bonds. The summed E-state index contributed by atoms with van der Waals surface area (Å²) >= 11 is 0. The normalized spacial score (nSPS) is 11.5. The fourth-order valence-electron chi connectivity index (χ4n) is 5.17. The summed E-state index contributed by atoms with van der Waals surface area (Å²) in [6, 6.07) is 36.6. The number of quaternary nitrogens is 2. The summed E-state index contributed by atoms with van der Waals surface area (Å²) in [6.45, 7) is 3.57. The van der Waals surface area contributed by atoms with Gasteiger partial charge in [0.15, 0.2) is 5.69 Å². The summed E-state index contributed by atoms with van der Waals surface area (Å²) in [5.74, 6) is 1.59. The van der Waals surface area contributed by atoms with Crippen molar-refractivity contribution in [3.63, 3.8) is 0 Å². The van der Waals surface area contributed by atoms with Crippen LogP contribution in [0, 0.1) is 0 Å². The lowest BCUT2D eigenvalue weighted by Gasteiger charge is -2.03. The van der Waals surface area contributed by atoms with Crippen LogP contribution in [0.25, 0.3) is 34.4 Å². The Bertz CT molecular complexity index is 2270. The van der Waals surface area contributed by atoms with Gasteiger partial charge in [-0.05, 0) is 43.1 Å². The van der Waals surface area contributed by atoms with Crippen molar-refractivity contribution in [1.29, 1.82) is 0 Å². The van der Waals surface area contributed by atoms with E-state index in [4.69, 9.17) is 15.2 Å². The fraction of sp³-hybridized carbons (Fsp3) is 0.0278. The summed E-state index contributed by atoms with van der Waals surface area (Å²) in [5, 5.41) is 18.8. The zero-order valence-electron chi connectivity index (χ0n) is 26.4. The van der Waals surface area contributed by atoms with Crippen molar-refractivity contribution in [1.82, 2.24) is 34.5 Å². The van der Waals surface area contributed by atoms with E-state index in [0.29, 0.717) is 35.1 Å². The lowest BCUT2D eigenvalue weighted by Crippen LogP contribution is -2.44. The molecule has 3 aromatic heterocycles. The molecule has 3 heterocycles. The molecule has 0 aliphatic rings. The molecule has 0 aliphatic carbocycles. The number of nitrogens with zero attached hydrogens (tertiary/aromatic N) is 11. The SMILES string of the molecule is C=Nc1ccc(N=CCc2c(-c3ccccc3)nn(-c3ncnc(-n4nc(-c5ccccc5)c(N=Nc5ccccc5)c4[NH3+])n3)c2[NH3+])cc1.